The highest BCUT2D eigenvalue weighted by atomic mass is 35.5. The number of rotatable bonds is 9. The lowest BCUT2D eigenvalue weighted by molar-refractivity contribution is -0.148. The maximum absolute atomic E-state index is 14.1. The number of fused-ring (bicyclic) bond motifs is 1. The summed E-state index contributed by atoms with van der Waals surface area (Å²) in [5.41, 5.74) is 6.04. The molecule has 35 heavy (non-hydrogen) atoms. The Bertz CT molecular complexity index is 1290. The Morgan fingerprint density at radius 1 is 1.23 bits per heavy atom. The molecule has 1 fully saturated rings. The third-order valence-electron chi connectivity index (χ3n) is 5.84. The van der Waals surface area contributed by atoms with E-state index in [1.165, 1.54) is 21.7 Å². The quantitative estimate of drug-likeness (QED) is 0.465. The van der Waals surface area contributed by atoms with Crippen LogP contribution in [0.15, 0.2) is 42.5 Å². The van der Waals surface area contributed by atoms with Gasteiger partial charge < -0.3 is 20.7 Å². The summed E-state index contributed by atoms with van der Waals surface area (Å²) in [6.07, 6.45) is 0. The van der Waals surface area contributed by atoms with Gasteiger partial charge in [0.1, 0.15) is 12.4 Å². The standard InChI is InChI=1S/C24H25ClFN5O4/c1-24(13-35-14-24)12-30(10-19(32)28-9-15-5-4-7-17(25)21(15)26)20(33)11-31-18-8-3-2-6-16(18)22(29-31)23(27)34/h2-8H,9-14H2,1H3,(H2,27,34)(H,28,32). The molecule has 11 heteroatoms. The molecule has 0 aliphatic carbocycles. The molecule has 1 aromatic heterocycles. The highest BCUT2D eigenvalue weighted by Crippen LogP contribution is 2.28. The van der Waals surface area contributed by atoms with Crippen molar-refractivity contribution in [2.75, 3.05) is 26.3 Å². The number of para-hydroxylation sites is 1. The molecule has 2 heterocycles. The molecule has 4 rings (SSSR count). The molecule has 0 bridgehead atoms. The Hall–Kier alpha value is -3.50. The van der Waals surface area contributed by atoms with Crippen molar-refractivity contribution in [3.63, 3.8) is 0 Å². The Kier molecular flexibility index (Phi) is 7.04. The van der Waals surface area contributed by atoms with Gasteiger partial charge in [0.15, 0.2) is 5.69 Å². The molecule has 0 spiro atoms. The van der Waals surface area contributed by atoms with E-state index in [0.29, 0.717) is 24.1 Å². The second-order valence-corrected chi connectivity index (χ2v) is 9.34. The summed E-state index contributed by atoms with van der Waals surface area (Å²) in [6, 6.07) is 11.5. The van der Waals surface area contributed by atoms with E-state index in [9.17, 15) is 18.8 Å². The number of carbonyl (C=O) groups excluding carboxylic acids is 3. The number of halogens is 2. The van der Waals surface area contributed by atoms with Crippen LogP contribution in [0.25, 0.3) is 10.9 Å². The number of hydrogen-bond donors (Lipinski definition) is 2. The maximum Gasteiger partial charge on any atom is 0.269 e. The first-order valence-corrected chi connectivity index (χ1v) is 11.4. The summed E-state index contributed by atoms with van der Waals surface area (Å²) >= 11 is 5.80. The van der Waals surface area contributed by atoms with Crippen LogP contribution in [0, 0.1) is 11.2 Å². The summed E-state index contributed by atoms with van der Waals surface area (Å²) in [5.74, 6) is -2.12. The summed E-state index contributed by atoms with van der Waals surface area (Å²) in [6.45, 7) is 2.67. The normalized spacial score (nSPS) is 14.4. The van der Waals surface area contributed by atoms with Gasteiger partial charge >= 0.3 is 0 Å². The van der Waals surface area contributed by atoms with E-state index in [2.05, 4.69) is 10.4 Å². The van der Waals surface area contributed by atoms with Crippen LogP contribution in [0.4, 0.5) is 4.39 Å². The van der Waals surface area contributed by atoms with Crippen LogP contribution in [0.3, 0.4) is 0 Å². The van der Waals surface area contributed by atoms with Crippen molar-refractivity contribution in [2.24, 2.45) is 11.1 Å². The molecule has 184 valence electrons. The number of hydrogen-bond acceptors (Lipinski definition) is 5. The lowest BCUT2D eigenvalue weighted by Crippen LogP contribution is -2.53. The minimum absolute atomic E-state index is 0.0340. The molecule has 3 amide bonds. The van der Waals surface area contributed by atoms with Crippen molar-refractivity contribution in [1.29, 1.82) is 0 Å². The average molecular weight is 502 g/mol. The Balaban J connectivity index is 1.50. The number of nitrogens with one attached hydrogen (secondary N) is 1. The SMILES string of the molecule is CC1(CN(CC(=O)NCc2cccc(Cl)c2F)C(=O)Cn2nc(C(N)=O)c3ccccc32)COC1. The predicted octanol–water partition coefficient (Wildman–Crippen LogP) is 2.11. The van der Waals surface area contributed by atoms with Gasteiger partial charge in [0.05, 0.1) is 30.3 Å². The summed E-state index contributed by atoms with van der Waals surface area (Å²) in [7, 11) is 0. The number of nitrogens with two attached hydrogens (primary N) is 1. The highest BCUT2D eigenvalue weighted by molar-refractivity contribution is 6.30. The molecule has 3 N–H and O–H groups in total. The fraction of sp³-hybridized carbons (Fsp3) is 0.333. The van der Waals surface area contributed by atoms with Crippen LogP contribution in [0.5, 0.6) is 0 Å². The molecule has 1 aliphatic rings. The number of amides is 3. The molecule has 1 aliphatic heterocycles. The minimum atomic E-state index is -0.698. The fourth-order valence-corrected chi connectivity index (χ4v) is 4.20. The van der Waals surface area contributed by atoms with Crippen LogP contribution in [0.1, 0.15) is 23.0 Å². The van der Waals surface area contributed by atoms with Crippen LogP contribution in [-0.4, -0.2) is 58.7 Å². The Morgan fingerprint density at radius 2 is 1.97 bits per heavy atom. The summed E-state index contributed by atoms with van der Waals surface area (Å²) in [4.78, 5) is 39.2. The number of aromatic nitrogens is 2. The fourth-order valence-electron chi connectivity index (χ4n) is 4.00. The molecular formula is C24H25ClFN5O4. The van der Waals surface area contributed by atoms with Crippen molar-refractivity contribution in [3.8, 4) is 0 Å². The largest absolute Gasteiger partial charge is 0.380 e. The lowest BCUT2D eigenvalue weighted by atomic mass is 9.88. The second kappa shape index (κ2) is 10.0. The predicted molar refractivity (Wildman–Crippen MR) is 127 cm³/mol. The summed E-state index contributed by atoms with van der Waals surface area (Å²) < 4.78 is 20.8. The number of benzene rings is 2. The lowest BCUT2D eigenvalue weighted by Gasteiger charge is -2.41. The van der Waals surface area contributed by atoms with Crippen molar-refractivity contribution >= 4 is 40.2 Å². The average Bonchev–Trinajstić information content (AvgIpc) is 3.17. The van der Waals surface area contributed by atoms with Crippen LogP contribution in [-0.2, 0) is 27.4 Å². The van der Waals surface area contributed by atoms with E-state index < -0.39 is 17.6 Å². The second-order valence-electron chi connectivity index (χ2n) is 8.93. The molecule has 2 aromatic carbocycles. The number of nitrogens with zero attached hydrogens (tertiary/aromatic N) is 3. The van der Waals surface area contributed by atoms with E-state index in [-0.39, 0.29) is 53.8 Å². The minimum Gasteiger partial charge on any atom is -0.380 e. The van der Waals surface area contributed by atoms with Gasteiger partial charge in [0.2, 0.25) is 11.8 Å². The number of carbonyl (C=O) groups is 3. The van der Waals surface area contributed by atoms with Gasteiger partial charge in [-0.15, -0.1) is 0 Å². The van der Waals surface area contributed by atoms with E-state index in [1.54, 1.807) is 30.3 Å². The van der Waals surface area contributed by atoms with Crippen molar-refractivity contribution < 1.29 is 23.5 Å². The summed E-state index contributed by atoms with van der Waals surface area (Å²) in [5, 5.41) is 7.38. The smallest absolute Gasteiger partial charge is 0.269 e. The van der Waals surface area contributed by atoms with Gasteiger partial charge in [-0.25, -0.2) is 4.39 Å². The van der Waals surface area contributed by atoms with E-state index in [0.717, 1.165) is 0 Å². The van der Waals surface area contributed by atoms with Gasteiger partial charge in [-0.2, -0.15) is 5.10 Å². The Labute approximate surface area is 206 Å². The molecule has 0 saturated carbocycles. The van der Waals surface area contributed by atoms with Crippen molar-refractivity contribution in [3.05, 3.63) is 64.6 Å². The van der Waals surface area contributed by atoms with E-state index in [4.69, 9.17) is 22.1 Å². The molecule has 1 saturated heterocycles. The maximum atomic E-state index is 14.1. The first kappa shape index (κ1) is 24.6. The van der Waals surface area contributed by atoms with Crippen molar-refractivity contribution in [2.45, 2.75) is 20.0 Å². The number of primary amides is 1. The van der Waals surface area contributed by atoms with Crippen LogP contribution >= 0.6 is 11.6 Å². The molecule has 0 radical (unpaired) electrons. The van der Waals surface area contributed by atoms with Crippen LogP contribution in [0.2, 0.25) is 5.02 Å². The van der Waals surface area contributed by atoms with Gasteiger partial charge in [-0.05, 0) is 12.1 Å². The first-order chi connectivity index (χ1) is 16.7. The molecule has 0 atom stereocenters. The molecular weight excluding hydrogens is 477 g/mol. The molecule has 0 unspecified atom stereocenters. The number of ether oxygens (including phenoxy) is 1. The zero-order chi connectivity index (χ0) is 25.2. The highest BCUT2D eigenvalue weighted by Gasteiger charge is 2.37. The van der Waals surface area contributed by atoms with Gasteiger partial charge in [-0.3, -0.25) is 19.1 Å². The first-order valence-electron chi connectivity index (χ1n) is 11.0. The van der Waals surface area contributed by atoms with Gasteiger partial charge in [0, 0.05) is 29.5 Å². The zero-order valence-corrected chi connectivity index (χ0v) is 19.8. The monoisotopic (exact) mass is 501 g/mol. The Morgan fingerprint density at radius 3 is 2.66 bits per heavy atom. The third kappa shape index (κ3) is 5.44. The van der Waals surface area contributed by atoms with Crippen LogP contribution < -0.4 is 11.1 Å². The van der Waals surface area contributed by atoms with Gasteiger partial charge in [0.25, 0.3) is 5.91 Å². The molecule has 9 nitrogen and oxygen atoms in total. The van der Waals surface area contributed by atoms with Crippen molar-refractivity contribution in [1.82, 2.24) is 20.0 Å². The van der Waals surface area contributed by atoms with E-state index in [1.807, 2.05) is 6.92 Å². The topological polar surface area (TPSA) is 120 Å². The zero-order valence-electron chi connectivity index (χ0n) is 19.1. The van der Waals surface area contributed by atoms with Gasteiger partial charge in [-0.1, -0.05) is 48.9 Å². The van der Waals surface area contributed by atoms with E-state index >= 15 is 0 Å². The molecule has 3 aromatic rings. The third-order valence-corrected chi connectivity index (χ3v) is 6.14.